The van der Waals surface area contributed by atoms with Gasteiger partial charge in [0.1, 0.15) is 0 Å². The van der Waals surface area contributed by atoms with Gasteiger partial charge in [-0.3, -0.25) is 9.59 Å². The van der Waals surface area contributed by atoms with Crippen LogP contribution in [-0.2, 0) is 9.59 Å². The lowest BCUT2D eigenvalue weighted by molar-refractivity contribution is -0.132. The highest BCUT2D eigenvalue weighted by molar-refractivity contribution is 5.90. The van der Waals surface area contributed by atoms with Crippen molar-refractivity contribution in [3.8, 4) is 0 Å². The summed E-state index contributed by atoms with van der Waals surface area (Å²) in [5.41, 5.74) is 4.17. The molecule has 302 valence electrons. The van der Waals surface area contributed by atoms with Crippen molar-refractivity contribution in [1.29, 1.82) is 0 Å². The third kappa shape index (κ3) is 13.9. The third-order valence-electron chi connectivity index (χ3n) is 11.9. The van der Waals surface area contributed by atoms with Gasteiger partial charge in [0.25, 0.3) is 0 Å². The Morgan fingerprint density at radius 2 is 0.855 bits per heavy atom. The summed E-state index contributed by atoms with van der Waals surface area (Å²) in [4.78, 5) is 57.8. The highest BCUT2D eigenvalue weighted by atomic mass is 16.2. The number of urea groups is 2. The lowest BCUT2D eigenvalue weighted by Gasteiger charge is -2.25. The average Bonchev–Trinajstić information content (AvgIpc) is 4.06. The minimum absolute atomic E-state index is 0.0706. The maximum atomic E-state index is 12.7. The van der Waals surface area contributed by atoms with Gasteiger partial charge in [-0.25, -0.2) is 9.59 Å². The molecule has 2 aliphatic heterocycles. The molecule has 6 rings (SSSR count). The molecule has 0 unspecified atom stereocenters. The second-order valence-electron chi connectivity index (χ2n) is 16.9. The van der Waals surface area contributed by atoms with Crippen molar-refractivity contribution in [2.24, 2.45) is 11.8 Å². The monoisotopic (exact) mass is 757 g/mol. The van der Waals surface area contributed by atoms with Crippen molar-refractivity contribution < 1.29 is 19.2 Å². The lowest BCUT2D eigenvalue weighted by atomic mass is 9.86. The van der Waals surface area contributed by atoms with Crippen molar-refractivity contribution in [1.82, 2.24) is 19.6 Å². The number of nitrogens with one attached hydrogen (secondary N) is 2. The third-order valence-corrected chi connectivity index (χ3v) is 11.9. The van der Waals surface area contributed by atoms with Crippen LogP contribution >= 0.6 is 0 Å². The molecule has 2 N–H and O–H groups in total. The number of hydrogen-bond acceptors (Lipinski definition) is 4. The van der Waals surface area contributed by atoms with E-state index in [2.05, 4.69) is 62.6 Å². The van der Waals surface area contributed by atoms with Crippen molar-refractivity contribution >= 4 is 35.3 Å². The number of carbonyl (C=O) groups excluding carboxylic acids is 4. The molecule has 2 heterocycles. The molecule has 2 aromatic rings. The van der Waals surface area contributed by atoms with Gasteiger partial charge < -0.3 is 30.2 Å². The quantitative estimate of drug-likeness (QED) is 0.252. The normalized spacial score (nSPS) is 18.3. The molecule has 0 aromatic heterocycles. The van der Waals surface area contributed by atoms with Crippen LogP contribution in [0.3, 0.4) is 0 Å². The first-order valence-corrected chi connectivity index (χ1v) is 21.4. The molecule has 0 radical (unpaired) electrons. The minimum atomic E-state index is -0.0745. The van der Waals surface area contributed by atoms with E-state index in [1.165, 1.54) is 56.1 Å². The van der Waals surface area contributed by atoms with Gasteiger partial charge >= 0.3 is 12.1 Å². The predicted molar refractivity (Wildman–Crippen MR) is 222 cm³/mol. The van der Waals surface area contributed by atoms with Gasteiger partial charge in [-0.2, -0.15) is 0 Å². The molecule has 0 spiro atoms. The Bertz CT molecular complexity index is 1520. The molecule has 2 aromatic carbocycles. The number of hydrogen-bond donors (Lipinski definition) is 2. The first kappa shape index (κ1) is 42.1. The molecule has 10 heteroatoms. The molecule has 2 saturated carbocycles. The average molecular weight is 757 g/mol. The van der Waals surface area contributed by atoms with Gasteiger partial charge in [-0.05, 0) is 84.7 Å². The van der Waals surface area contributed by atoms with E-state index in [1.54, 1.807) is 0 Å². The number of nitrogens with zero attached hydrogens (tertiary/aromatic N) is 4. The number of anilines is 2. The molecule has 2 aliphatic carbocycles. The number of rotatable bonds is 10. The van der Waals surface area contributed by atoms with Gasteiger partial charge in [-0.1, -0.05) is 96.9 Å². The molecular weight excluding hydrogens is 689 g/mol. The summed E-state index contributed by atoms with van der Waals surface area (Å²) in [7, 11) is 0. The summed E-state index contributed by atoms with van der Waals surface area (Å²) >= 11 is 0. The Morgan fingerprint density at radius 3 is 1.24 bits per heavy atom. The fourth-order valence-corrected chi connectivity index (χ4v) is 7.90. The summed E-state index contributed by atoms with van der Waals surface area (Å²) < 4.78 is 0. The van der Waals surface area contributed by atoms with Crippen LogP contribution in [0.25, 0.3) is 0 Å². The van der Waals surface area contributed by atoms with Crippen LogP contribution in [0, 0.1) is 11.8 Å². The van der Waals surface area contributed by atoms with Crippen LogP contribution in [0.4, 0.5) is 21.0 Å². The van der Waals surface area contributed by atoms with Crippen LogP contribution in [0.5, 0.6) is 0 Å². The molecule has 55 heavy (non-hydrogen) atoms. The fraction of sp³-hybridized carbons (Fsp3) is 0.644. The van der Waals surface area contributed by atoms with Gasteiger partial charge in [0.15, 0.2) is 0 Å². The van der Waals surface area contributed by atoms with E-state index in [9.17, 15) is 19.2 Å². The summed E-state index contributed by atoms with van der Waals surface area (Å²) in [5, 5.41) is 5.98. The number of carbonyl (C=O) groups is 4. The van der Waals surface area contributed by atoms with Crippen LogP contribution in [0.2, 0.25) is 0 Å². The largest absolute Gasteiger partial charge is 0.341 e. The van der Waals surface area contributed by atoms with Gasteiger partial charge in [0, 0.05) is 76.6 Å². The molecular formula is C45H68N6O4. The Kier molecular flexibility index (Phi) is 16.3. The Morgan fingerprint density at radius 1 is 0.491 bits per heavy atom. The van der Waals surface area contributed by atoms with E-state index in [1.807, 2.05) is 43.9 Å². The molecule has 4 fully saturated rings. The maximum Gasteiger partial charge on any atom is 0.321 e. The van der Waals surface area contributed by atoms with E-state index in [0.717, 1.165) is 62.0 Å². The number of amides is 6. The van der Waals surface area contributed by atoms with E-state index < -0.39 is 0 Å². The zero-order chi connectivity index (χ0) is 39.2. The minimum Gasteiger partial charge on any atom is -0.341 e. The van der Waals surface area contributed by atoms with Gasteiger partial charge in [0.2, 0.25) is 11.8 Å². The Balaban J connectivity index is 0.000000212. The zero-order valence-corrected chi connectivity index (χ0v) is 34.2. The van der Waals surface area contributed by atoms with Gasteiger partial charge in [-0.15, -0.1) is 0 Å². The first-order chi connectivity index (χ1) is 26.5. The second kappa shape index (κ2) is 21.3. The summed E-state index contributed by atoms with van der Waals surface area (Å²) in [6, 6.07) is 15.9. The molecule has 4 aliphatic rings. The SMILES string of the molecule is CC(C)c1ccc(NC(=O)N2CCCN(C(=O)CCC3CC3)CC2)cc1.CC(C)c1ccc(NC(=O)N2CCCN(C(=O)CCC3CCCCC3)CC2)cc1. The van der Waals surface area contributed by atoms with E-state index in [4.69, 9.17) is 0 Å². The van der Waals surface area contributed by atoms with E-state index in [-0.39, 0.29) is 23.9 Å². The van der Waals surface area contributed by atoms with Gasteiger partial charge in [0.05, 0.1) is 0 Å². The van der Waals surface area contributed by atoms with Crippen molar-refractivity contribution in [2.75, 3.05) is 63.0 Å². The summed E-state index contributed by atoms with van der Waals surface area (Å²) in [5.74, 6) is 3.01. The van der Waals surface area contributed by atoms with Crippen molar-refractivity contribution in [2.45, 2.75) is 123 Å². The standard InChI is InChI=1S/C24H37N3O2.C21H31N3O2/c1-19(2)21-10-12-22(13-11-21)25-24(29)27-16-6-15-26(17-18-27)23(28)14-9-20-7-4-3-5-8-20;1-16(2)18-7-9-19(10-8-18)22-21(26)24-13-3-12-23(14-15-24)20(25)11-6-17-4-5-17/h10-13,19-20H,3-9,14-18H2,1-2H3,(H,25,29);7-10,16-17H,3-6,11-15H2,1-2H3,(H,22,26). The van der Waals surface area contributed by atoms with Crippen LogP contribution in [0.1, 0.15) is 134 Å². The van der Waals surface area contributed by atoms with Crippen LogP contribution < -0.4 is 10.6 Å². The summed E-state index contributed by atoms with van der Waals surface area (Å²) in [6.45, 7) is 14.0. The topological polar surface area (TPSA) is 105 Å². The second-order valence-corrected chi connectivity index (χ2v) is 16.9. The molecule has 10 nitrogen and oxygen atoms in total. The predicted octanol–water partition coefficient (Wildman–Crippen LogP) is 9.30. The molecule has 0 atom stereocenters. The molecule has 0 bridgehead atoms. The van der Waals surface area contributed by atoms with Crippen molar-refractivity contribution in [3.05, 3.63) is 59.7 Å². The van der Waals surface area contributed by atoms with E-state index >= 15 is 0 Å². The molecule has 6 amide bonds. The smallest absolute Gasteiger partial charge is 0.321 e. The highest BCUT2D eigenvalue weighted by Gasteiger charge is 2.26. The fourth-order valence-electron chi connectivity index (χ4n) is 7.90. The van der Waals surface area contributed by atoms with Crippen LogP contribution in [-0.4, -0.2) is 95.8 Å². The Labute approximate surface area is 330 Å². The molecule has 2 saturated heterocycles. The first-order valence-electron chi connectivity index (χ1n) is 21.4. The van der Waals surface area contributed by atoms with E-state index in [0.29, 0.717) is 63.9 Å². The maximum absolute atomic E-state index is 12.7. The summed E-state index contributed by atoms with van der Waals surface area (Å²) in [6.07, 6.45) is 14.3. The lowest BCUT2D eigenvalue weighted by Crippen LogP contribution is -2.39. The van der Waals surface area contributed by atoms with Crippen LogP contribution in [0.15, 0.2) is 48.5 Å². The Hall–Kier alpha value is -4.08. The highest BCUT2D eigenvalue weighted by Crippen LogP contribution is 2.33. The zero-order valence-electron chi connectivity index (χ0n) is 34.2. The van der Waals surface area contributed by atoms with Crippen molar-refractivity contribution in [3.63, 3.8) is 0 Å². The number of benzene rings is 2.